The van der Waals surface area contributed by atoms with E-state index in [-0.39, 0.29) is 0 Å². The Hall–Kier alpha value is -0.990. The van der Waals surface area contributed by atoms with Crippen LogP contribution in [-0.4, -0.2) is 9.55 Å². The standard InChI is InChI=1S/C7H11N3/c8-7-6-3-1-2-4-10(6)5-9-7/h5H,1-4,8H2. The van der Waals surface area contributed by atoms with Gasteiger partial charge in [-0.2, -0.15) is 0 Å². The summed E-state index contributed by atoms with van der Waals surface area (Å²) in [5.74, 6) is 0.722. The van der Waals surface area contributed by atoms with Crippen molar-refractivity contribution in [2.75, 3.05) is 5.73 Å². The van der Waals surface area contributed by atoms with Crippen molar-refractivity contribution in [3.05, 3.63) is 12.0 Å². The molecular formula is C7H11N3. The molecule has 1 aliphatic rings. The molecule has 1 aromatic rings. The number of fused-ring (bicyclic) bond motifs is 1. The number of nitrogens with two attached hydrogens (primary N) is 1. The highest BCUT2D eigenvalue weighted by Gasteiger charge is 2.11. The average molecular weight is 137 g/mol. The Bertz CT molecular complexity index is 239. The summed E-state index contributed by atoms with van der Waals surface area (Å²) in [5.41, 5.74) is 6.86. The summed E-state index contributed by atoms with van der Waals surface area (Å²) < 4.78 is 2.15. The minimum absolute atomic E-state index is 0.722. The normalized spacial score (nSPS) is 16.8. The highest BCUT2D eigenvalue weighted by Crippen LogP contribution is 2.18. The second-order valence-electron chi connectivity index (χ2n) is 2.73. The molecule has 2 rings (SSSR count). The van der Waals surface area contributed by atoms with Crippen molar-refractivity contribution in [2.24, 2.45) is 0 Å². The van der Waals surface area contributed by atoms with E-state index in [4.69, 9.17) is 5.73 Å². The van der Waals surface area contributed by atoms with E-state index in [2.05, 4.69) is 9.55 Å². The van der Waals surface area contributed by atoms with Crippen molar-refractivity contribution in [1.82, 2.24) is 9.55 Å². The number of imidazole rings is 1. The molecule has 1 aromatic heterocycles. The van der Waals surface area contributed by atoms with Crippen molar-refractivity contribution < 1.29 is 0 Å². The van der Waals surface area contributed by atoms with Crippen LogP contribution in [0, 0.1) is 0 Å². The summed E-state index contributed by atoms with van der Waals surface area (Å²) in [7, 11) is 0. The van der Waals surface area contributed by atoms with Gasteiger partial charge in [0, 0.05) is 6.54 Å². The SMILES string of the molecule is Nc1ncn2c1CCCC2. The maximum absolute atomic E-state index is 5.63. The van der Waals surface area contributed by atoms with E-state index in [0.29, 0.717) is 0 Å². The van der Waals surface area contributed by atoms with Gasteiger partial charge in [-0.25, -0.2) is 4.98 Å². The molecule has 3 heteroatoms. The molecule has 0 radical (unpaired) electrons. The first-order valence-electron chi connectivity index (χ1n) is 3.67. The number of nitrogens with zero attached hydrogens (tertiary/aromatic N) is 2. The summed E-state index contributed by atoms with van der Waals surface area (Å²) in [6.07, 6.45) is 5.47. The minimum Gasteiger partial charge on any atom is -0.382 e. The number of hydrogen-bond acceptors (Lipinski definition) is 2. The Balaban J connectivity index is 2.45. The van der Waals surface area contributed by atoms with Gasteiger partial charge in [-0.1, -0.05) is 0 Å². The van der Waals surface area contributed by atoms with Crippen LogP contribution >= 0.6 is 0 Å². The second-order valence-corrected chi connectivity index (χ2v) is 2.73. The van der Waals surface area contributed by atoms with Crippen LogP contribution in [0.2, 0.25) is 0 Å². The fraction of sp³-hybridized carbons (Fsp3) is 0.571. The minimum atomic E-state index is 0.722. The maximum atomic E-state index is 5.63. The highest BCUT2D eigenvalue weighted by molar-refractivity contribution is 5.35. The molecule has 2 heterocycles. The smallest absolute Gasteiger partial charge is 0.144 e. The van der Waals surface area contributed by atoms with Gasteiger partial charge in [-0.05, 0) is 19.3 Å². The molecule has 10 heavy (non-hydrogen) atoms. The molecule has 0 spiro atoms. The monoisotopic (exact) mass is 137 g/mol. The van der Waals surface area contributed by atoms with Gasteiger partial charge in [0.05, 0.1) is 12.0 Å². The van der Waals surface area contributed by atoms with Gasteiger partial charge in [0.2, 0.25) is 0 Å². The van der Waals surface area contributed by atoms with E-state index in [0.717, 1.165) is 18.8 Å². The van der Waals surface area contributed by atoms with Gasteiger partial charge in [0.1, 0.15) is 5.82 Å². The van der Waals surface area contributed by atoms with E-state index >= 15 is 0 Å². The van der Waals surface area contributed by atoms with Crippen molar-refractivity contribution in [1.29, 1.82) is 0 Å². The maximum Gasteiger partial charge on any atom is 0.144 e. The zero-order valence-electron chi connectivity index (χ0n) is 5.88. The van der Waals surface area contributed by atoms with E-state index in [1.54, 1.807) is 0 Å². The molecule has 0 fully saturated rings. The van der Waals surface area contributed by atoms with Crippen LogP contribution in [0.3, 0.4) is 0 Å². The van der Waals surface area contributed by atoms with E-state index < -0.39 is 0 Å². The van der Waals surface area contributed by atoms with Gasteiger partial charge in [0.15, 0.2) is 0 Å². The number of aryl methyl sites for hydroxylation is 1. The van der Waals surface area contributed by atoms with E-state index in [9.17, 15) is 0 Å². The quantitative estimate of drug-likeness (QED) is 0.574. The first kappa shape index (κ1) is 5.77. The van der Waals surface area contributed by atoms with Crippen molar-refractivity contribution in [3.63, 3.8) is 0 Å². The molecule has 0 bridgehead atoms. The lowest BCUT2D eigenvalue weighted by Crippen LogP contribution is -2.09. The number of rotatable bonds is 0. The molecule has 0 amide bonds. The van der Waals surface area contributed by atoms with Crippen LogP contribution in [0.15, 0.2) is 6.33 Å². The van der Waals surface area contributed by atoms with Crippen LogP contribution in [0.5, 0.6) is 0 Å². The molecule has 0 saturated carbocycles. The molecular weight excluding hydrogens is 126 g/mol. The molecule has 54 valence electrons. The predicted molar refractivity (Wildman–Crippen MR) is 39.6 cm³/mol. The molecule has 0 atom stereocenters. The van der Waals surface area contributed by atoms with Crippen LogP contribution < -0.4 is 5.73 Å². The van der Waals surface area contributed by atoms with Gasteiger partial charge in [0.25, 0.3) is 0 Å². The van der Waals surface area contributed by atoms with Gasteiger partial charge < -0.3 is 10.3 Å². The molecule has 0 saturated heterocycles. The Morgan fingerprint density at radius 1 is 1.50 bits per heavy atom. The second kappa shape index (κ2) is 2.01. The molecule has 0 unspecified atom stereocenters. The van der Waals surface area contributed by atoms with Crippen LogP contribution in [0.25, 0.3) is 0 Å². The fourth-order valence-electron chi connectivity index (χ4n) is 1.46. The molecule has 0 aromatic carbocycles. The lowest BCUT2D eigenvalue weighted by molar-refractivity contribution is 0.533. The third kappa shape index (κ3) is 0.701. The summed E-state index contributed by atoms with van der Waals surface area (Å²) >= 11 is 0. The third-order valence-corrected chi connectivity index (χ3v) is 2.04. The summed E-state index contributed by atoms with van der Waals surface area (Å²) in [5, 5.41) is 0. The lowest BCUT2D eigenvalue weighted by Gasteiger charge is -2.13. The first-order chi connectivity index (χ1) is 4.88. The molecule has 2 N–H and O–H groups in total. The van der Waals surface area contributed by atoms with Gasteiger partial charge in [-0.3, -0.25) is 0 Å². The molecule has 0 aliphatic carbocycles. The number of hydrogen-bond donors (Lipinski definition) is 1. The highest BCUT2D eigenvalue weighted by atomic mass is 15.1. The Morgan fingerprint density at radius 2 is 2.40 bits per heavy atom. The lowest BCUT2D eigenvalue weighted by atomic mass is 10.1. The van der Waals surface area contributed by atoms with Crippen molar-refractivity contribution >= 4 is 5.82 Å². The van der Waals surface area contributed by atoms with Crippen LogP contribution in [0.1, 0.15) is 18.5 Å². The number of aromatic nitrogens is 2. The van der Waals surface area contributed by atoms with Gasteiger partial charge >= 0.3 is 0 Å². The van der Waals surface area contributed by atoms with Crippen molar-refractivity contribution in [2.45, 2.75) is 25.8 Å². The third-order valence-electron chi connectivity index (χ3n) is 2.04. The number of nitrogen functional groups attached to an aromatic ring is 1. The van der Waals surface area contributed by atoms with E-state index in [1.807, 2.05) is 6.33 Å². The Morgan fingerprint density at radius 3 is 3.20 bits per heavy atom. The Kier molecular flexibility index (Phi) is 1.16. The summed E-state index contributed by atoms with van der Waals surface area (Å²) in [6.45, 7) is 1.10. The molecule has 3 nitrogen and oxygen atoms in total. The molecule has 1 aliphatic heterocycles. The average Bonchev–Trinajstić information content (AvgIpc) is 2.34. The van der Waals surface area contributed by atoms with Crippen LogP contribution in [0.4, 0.5) is 5.82 Å². The topological polar surface area (TPSA) is 43.8 Å². The number of anilines is 1. The van der Waals surface area contributed by atoms with E-state index in [1.165, 1.54) is 18.5 Å². The zero-order valence-corrected chi connectivity index (χ0v) is 5.88. The Labute approximate surface area is 59.9 Å². The van der Waals surface area contributed by atoms with Crippen LogP contribution in [-0.2, 0) is 13.0 Å². The van der Waals surface area contributed by atoms with Crippen molar-refractivity contribution in [3.8, 4) is 0 Å². The zero-order chi connectivity index (χ0) is 6.97. The predicted octanol–water partition coefficient (Wildman–Crippen LogP) is 0.802. The fourth-order valence-corrected chi connectivity index (χ4v) is 1.46. The summed E-state index contributed by atoms with van der Waals surface area (Å²) in [6, 6.07) is 0. The largest absolute Gasteiger partial charge is 0.382 e. The summed E-state index contributed by atoms with van der Waals surface area (Å²) in [4.78, 5) is 4.04. The van der Waals surface area contributed by atoms with Gasteiger partial charge in [-0.15, -0.1) is 0 Å². The first-order valence-corrected chi connectivity index (χ1v) is 3.67.